The largest absolute Gasteiger partial charge is 0.393 e. The van der Waals surface area contributed by atoms with Gasteiger partial charge in [0, 0.05) is 6.54 Å². The van der Waals surface area contributed by atoms with Crippen LogP contribution in [0.1, 0.15) is 78.1 Å². The molecular formula is C27H47NO4. The van der Waals surface area contributed by atoms with Gasteiger partial charge in [0.25, 0.3) is 0 Å². The number of aliphatic hydroxyl groups is 2. The molecule has 0 bridgehead atoms. The Morgan fingerprint density at radius 1 is 0.812 bits per heavy atom. The molecule has 0 amide bonds. The molecule has 5 rings (SSSR count). The summed E-state index contributed by atoms with van der Waals surface area (Å²) in [5, 5.41) is 22.0. The van der Waals surface area contributed by atoms with Crippen LogP contribution >= 0.6 is 0 Å². The summed E-state index contributed by atoms with van der Waals surface area (Å²) >= 11 is 0. The molecule has 184 valence electrons. The fourth-order valence-corrected chi connectivity index (χ4v) is 8.96. The van der Waals surface area contributed by atoms with Crippen molar-refractivity contribution in [2.24, 2.45) is 34.5 Å². The summed E-state index contributed by atoms with van der Waals surface area (Å²) in [6.45, 7) is 10.5. The van der Waals surface area contributed by atoms with Gasteiger partial charge in [-0.3, -0.25) is 0 Å². The third-order valence-electron chi connectivity index (χ3n) is 10.9. The van der Waals surface area contributed by atoms with Gasteiger partial charge in [0.2, 0.25) is 0 Å². The van der Waals surface area contributed by atoms with Crippen molar-refractivity contribution in [2.75, 3.05) is 39.5 Å². The van der Waals surface area contributed by atoms with E-state index in [1.807, 2.05) is 0 Å². The number of aliphatic hydroxyl groups excluding tert-OH is 2. The van der Waals surface area contributed by atoms with Crippen molar-refractivity contribution in [1.82, 2.24) is 4.90 Å². The normalized spacial score (nSPS) is 48.9. The minimum atomic E-state index is -0.218. The SMILES string of the molecule is C[C@]12CC[C@H](OCCOCCN3CCCC3)C[C@@H]1[C@@H](O)C[C@@H]1[C@@H]2CC[C@]2(C)[C@@H](O)CC[C@@H]12. The molecule has 0 aromatic heterocycles. The lowest BCUT2D eigenvalue weighted by atomic mass is 9.44. The third-order valence-corrected chi connectivity index (χ3v) is 10.9. The molecule has 4 saturated carbocycles. The van der Waals surface area contributed by atoms with Gasteiger partial charge in [-0.05, 0) is 112 Å². The van der Waals surface area contributed by atoms with Crippen LogP contribution in [0.25, 0.3) is 0 Å². The highest BCUT2D eigenvalue weighted by atomic mass is 16.5. The zero-order valence-corrected chi connectivity index (χ0v) is 20.5. The maximum atomic E-state index is 11.3. The molecule has 0 aromatic carbocycles. The fourth-order valence-electron chi connectivity index (χ4n) is 8.96. The molecule has 5 nitrogen and oxygen atoms in total. The van der Waals surface area contributed by atoms with E-state index in [1.165, 1.54) is 38.8 Å². The number of nitrogens with zero attached hydrogens (tertiary/aromatic N) is 1. The van der Waals surface area contributed by atoms with Crippen LogP contribution in [0.15, 0.2) is 0 Å². The van der Waals surface area contributed by atoms with Crippen LogP contribution in [-0.4, -0.2) is 72.9 Å². The van der Waals surface area contributed by atoms with Crippen LogP contribution in [-0.2, 0) is 9.47 Å². The predicted molar refractivity (Wildman–Crippen MR) is 125 cm³/mol. The van der Waals surface area contributed by atoms with E-state index in [9.17, 15) is 10.2 Å². The Labute approximate surface area is 195 Å². The van der Waals surface area contributed by atoms with Gasteiger partial charge in [0.05, 0.1) is 38.1 Å². The van der Waals surface area contributed by atoms with Crippen molar-refractivity contribution < 1.29 is 19.7 Å². The van der Waals surface area contributed by atoms with Crippen LogP contribution in [0, 0.1) is 34.5 Å². The first kappa shape index (κ1) is 23.5. The first-order valence-corrected chi connectivity index (χ1v) is 13.7. The predicted octanol–water partition coefficient (Wildman–Crippen LogP) is 3.86. The lowest BCUT2D eigenvalue weighted by Crippen LogP contribution is -2.58. The lowest BCUT2D eigenvalue weighted by molar-refractivity contribution is -0.180. The van der Waals surface area contributed by atoms with Crippen molar-refractivity contribution in [3.63, 3.8) is 0 Å². The maximum absolute atomic E-state index is 11.3. The molecule has 0 aromatic rings. The average Bonchev–Trinajstić information content (AvgIpc) is 3.39. The second-order valence-electron chi connectivity index (χ2n) is 12.4. The molecule has 1 aliphatic heterocycles. The second-order valence-corrected chi connectivity index (χ2v) is 12.4. The molecule has 5 aliphatic rings. The monoisotopic (exact) mass is 449 g/mol. The summed E-state index contributed by atoms with van der Waals surface area (Å²) in [7, 11) is 0. The number of rotatable bonds is 7. The standard InChI is InChI=1S/C27H47NO4/c1-26-9-7-19(32-16-15-31-14-13-28-11-3-4-12-28)17-23(26)24(29)18-20-21-5-6-25(30)27(21,2)10-8-22(20)26/h19-25,29-30H,3-18H2,1-2H3/t19-,20-,21-,22-,23+,24-,25-,26+,27-/m0/s1. The van der Waals surface area contributed by atoms with Gasteiger partial charge in [-0.25, -0.2) is 0 Å². The van der Waals surface area contributed by atoms with Gasteiger partial charge >= 0.3 is 0 Å². The van der Waals surface area contributed by atoms with Crippen LogP contribution < -0.4 is 0 Å². The van der Waals surface area contributed by atoms with E-state index in [1.54, 1.807) is 0 Å². The van der Waals surface area contributed by atoms with E-state index >= 15 is 0 Å². The lowest BCUT2D eigenvalue weighted by Gasteiger charge is -2.62. The molecule has 0 spiro atoms. The summed E-state index contributed by atoms with van der Waals surface area (Å²) < 4.78 is 12.1. The molecular weight excluding hydrogens is 402 g/mol. The van der Waals surface area contributed by atoms with Gasteiger partial charge in [-0.15, -0.1) is 0 Å². The van der Waals surface area contributed by atoms with E-state index in [2.05, 4.69) is 18.7 Å². The molecule has 4 aliphatic carbocycles. The third kappa shape index (κ3) is 4.19. The molecule has 1 heterocycles. The van der Waals surface area contributed by atoms with Crippen LogP contribution in [0.4, 0.5) is 0 Å². The highest BCUT2D eigenvalue weighted by Crippen LogP contribution is 2.66. The zero-order chi connectivity index (χ0) is 22.3. The van der Waals surface area contributed by atoms with Crippen molar-refractivity contribution in [2.45, 2.75) is 96.4 Å². The molecule has 0 unspecified atom stereocenters. The first-order chi connectivity index (χ1) is 15.4. The molecule has 5 heteroatoms. The van der Waals surface area contributed by atoms with Crippen LogP contribution in [0.5, 0.6) is 0 Å². The summed E-state index contributed by atoms with van der Waals surface area (Å²) in [4.78, 5) is 2.49. The minimum absolute atomic E-state index is 0.0825. The molecule has 5 fully saturated rings. The van der Waals surface area contributed by atoms with E-state index in [4.69, 9.17) is 9.47 Å². The molecule has 2 N–H and O–H groups in total. The molecule has 32 heavy (non-hydrogen) atoms. The van der Waals surface area contributed by atoms with E-state index in [-0.39, 0.29) is 29.1 Å². The Kier molecular flexibility index (Phi) is 6.95. The molecule has 0 radical (unpaired) electrons. The van der Waals surface area contributed by atoms with E-state index in [0.29, 0.717) is 36.9 Å². The van der Waals surface area contributed by atoms with E-state index < -0.39 is 0 Å². The Morgan fingerprint density at radius 2 is 1.56 bits per heavy atom. The van der Waals surface area contributed by atoms with E-state index in [0.717, 1.165) is 51.7 Å². The Bertz CT molecular complexity index is 639. The number of fused-ring (bicyclic) bond motifs is 5. The summed E-state index contributed by atoms with van der Waals surface area (Å²) in [6.07, 6.45) is 11.3. The number of hydrogen-bond acceptors (Lipinski definition) is 5. The summed E-state index contributed by atoms with van der Waals surface area (Å²) in [5.74, 6) is 2.24. The first-order valence-electron chi connectivity index (χ1n) is 13.7. The second kappa shape index (κ2) is 9.45. The highest BCUT2D eigenvalue weighted by Gasteiger charge is 2.62. The van der Waals surface area contributed by atoms with Crippen molar-refractivity contribution in [3.05, 3.63) is 0 Å². The van der Waals surface area contributed by atoms with Crippen molar-refractivity contribution in [1.29, 1.82) is 0 Å². The summed E-state index contributed by atoms with van der Waals surface area (Å²) in [6, 6.07) is 0. The van der Waals surface area contributed by atoms with Gasteiger partial charge in [0.1, 0.15) is 0 Å². The Morgan fingerprint density at radius 3 is 2.38 bits per heavy atom. The average molecular weight is 450 g/mol. The van der Waals surface area contributed by atoms with Crippen LogP contribution in [0.3, 0.4) is 0 Å². The maximum Gasteiger partial charge on any atom is 0.0704 e. The van der Waals surface area contributed by atoms with Gasteiger partial charge in [-0.1, -0.05) is 13.8 Å². The molecule has 1 saturated heterocycles. The zero-order valence-electron chi connectivity index (χ0n) is 20.5. The topological polar surface area (TPSA) is 62.2 Å². The minimum Gasteiger partial charge on any atom is -0.393 e. The van der Waals surface area contributed by atoms with Gasteiger partial charge in [0.15, 0.2) is 0 Å². The quantitative estimate of drug-likeness (QED) is 0.578. The van der Waals surface area contributed by atoms with Crippen molar-refractivity contribution in [3.8, 4) is 0 Å². The van der Waals surface area contributed by atoms with Crippen molar-refractivity contribution >= 4 is 0 Å². The number of hydrogen-bond donors (Lipinski definition) is 2. The number of ether oxygens (including phenoxy) is 2. The molecule has 9 atom stereocenters. The summed E-state index contributed by atoms with van der Waals surface area (Å²) in [5.41, 5.74) is 0.308. The number of likely N-dealkylation sites (tertiary alicyclic amines) is 1. The highest BCUT2D eigenvalue weighted by molar-refractivity contribution is 5.11. The smallest absolute Gasteiger partial charge is 0.0704 e. The van der Waals surface area contributed by atoms with Gasteiger partial charge in [-0.2, -0.15) is 0 Å². The Hall–Kier alpha value is -0.200. The Balaban J connectivity index is 1.12. The van der Waals surface area contributed by atoms with Crippen LogP contribution in [0.2, 0.25) is 0 Å². The fraction of sp³-hybridized carbons (Fsp3) is 1.00. The van der Waals surface area contributed by atoms with Gasteiger partial charge < -0.3 is 24.6 Å².